The lowest BCUT2D eigenvalue weighted by Gasteiger charge is -2.26. The van der Waals surface area contributed by atoms with Crippen LogP contribution >= 0.6 is 0 Å². The van der Waals surface area contributed by atoms with Gasteiger partial charge in [-0.15, -0.1) is 0 Å². The molecule has 18 heavy (non-hydrogen) atoms. The Bertz CT molecular complexity index is 532. The molecule has 102 valence electrons. The Morgan fingerprint density at radius 2 is 1.89 bits per heavy atom. The minimum Gasteiger partial charge on any atom is -0.326 e. The fraction of sp³-hybridized carbons (Fsp3) is 0.538. The van der Waals surface area contributed by atoms with Crippen molar-refractivity contribution in [2.24, 2.45) is 11.1 Å². The number of aryl methyl sites for hydroxylation is 1. The van der Waals surface area contributed by atoms with Gasteiger partial charge in [-0.1, -0.05) is 20.8 Å². The number of benzene rings is 1. The molecule has 0 aliphatic carbocycles. The summed E-state index contributed by atoms with van der Waals surface area (Å²) in [4.78, 5) is 0.126. The average molecular weight is 273 g/mol. The van der Waals surface area contributed by atoms with Gasteiger partial charge in [0.05, 0.1) is 10.6 Å². The quantitative estimate of drug-likeness (QED) is 0.859. The number of nitrogens with two attached hydrogens (primary N) is 1. The van der Waals surface area contributed by atoms with Crippen LogP contribution in [0.2, 0.25) is 0 Å². The van der Waals surface area contributed by atoms with Crippen LogP contribution in [-0.2, 0) is 9.84 Å². The number of halogens is 1. The van der Waals surface area contributed by atoms with Gasteiger partial charge >= 0.3 is 0 Å². The van der Waals surface area contributed by atoms with Crippen molar-refractivity contribution in [3.8, 4) is 0 Å². The first-order chi connectivity index (χ1) is 8.04. The summed E-state index contributed by atoms with van der Waals surface area (Å²) in [5.41, 5.74) is 5.92. The Hall–Kier alpha value is -0.940. The molecule has 5 heteroatoms. The molecule has 1 atom stereocenters. The Kier molecular flexibility index (Phi) is 4.18. The van der Waals surface area contributed by atoms with Gasteiger partial charge in [0.15, 0.2) is 9.84 Å². The highest BCUT2D eigenvalue weighted by Crippen LogP contribution is 2.22. The average Bonchev–Trinajstić information content (AvgIpc) is 2.19. The molecule has 1 rings (SSSR count). The molecule has 1 aromatic carbocycles. The van der Waals surface area contributed by atoms with Crippen molar-refractivity contribution in [2.75, 3.05) is 5.75 Å². The van der Waals surface area contributed by atoms with Crippen LogP contribution in [0, 0.1) is 18.2 Å². The van der Waals surface area contributed by atoms with Crippen molar-refractivity contribution in [3.63, 3.8) is 0 Å². The molecule has 0 fully saturated rings. The topological polar surface area (TPSA) is 60.2 Å². The van der Waals surface area contributed by atoms with Crippen molar-refractivity contribution >= 4 is 9.84 Å². The molecule has 0 aliphatic heterocycles. The first-order valence-electron chi connectivity index (χ1n) is 5.78. The predicted molar refractivity (Wildman–Crippen MR) is 70.6 cm³/mol. The van der Waals surface area contributed by atoms with E-state index in [1.54, 1.807) is 0 Å². The normalized spacial score (nSPS) is 14.6. The molecule has 2 N–H and O–H groups in total. The van der Waals surface area contributed by atoms with Crippen LogP contribution in [0.5, 0.6) is 0 Å². The molecule has 0 saturated heterocycles. The monoisotopic (exact) mass is 273 g/mol. The van der Waals surface area contributed by atoms with Gasteiger partial charge < -0.3 is 5.73 Å². The SMILES string of the molecule is Cc1cc(S(=O)(=O)CC(N)C(C)(C)C)ccc1F. The van der Waals surface area contributed by atoms with E-state index in [2.05, 4.69) is 0 Å². The first-order valence-corrected chi connectivity index (χ1v) is 7.44. The third-order valence-corrected chi connectivity index (χ3v) is 4.77. The lowest BCUT2D eigenvalue weighted by Crippen LogP contribution is -2.41. The van der Waals surface area contributed by atoms with E-state index in [0.717, 1.165) is 0 Å². The van der Waals surface area contributed by atoms with Gasteiger partial charge in [-0.25, -0.2) is 12.8 Å². The van der Waals surface area contributed by atoms with E-state index in [1.165, 1.54) is 25.1 Å². The Labute approximate surface area is 108 Å². The Morgan fingerprint density at radius 3 is 2.33 bits per heavy atom. The highest BCUT2D eigenvalue weighted by molar-refractivity contribution is 7.91. The lowest BCUT2D eigenvalue weighted by molar-refractivity contribution is 0.340. The van der Waals surface area contributed by atoms with Gasteiger partial charge in [0.2, 0.25) is 0 Å². The zero-order valence-corrected chi connectivity index (χ0v) is 12.0. The van der Waals surface area contributed by atoms with Crippen LogP contribution in [0.15, 0.2) is 23.1 Å². The molecule has 1 unspecified atom stereocenters. The van der Waals surface area contributed by atoms with E-state index in [4.69, 9.17) is 5.73 Å². The third kappa shape index (κ3) is 3.53. The molecule has 0 heterocycles. The summed E-state index contributed by atoms with van der Waals surface area (Å²) in [6.07, 6.45) is 0. The van der Waals surface area contributed by atoms with Crippen LogP contribution < -0.4 is 5.73 Å². The van der Waals surface area contributed by atoms with Crippen molar-refractivity contribution < 1.29 is 12.8 Å². The first kappa shape index (κ1) is 15.1. The van der Waals surface area contributed by atoms with Gasteiger partial charge in [0.25, 0.3) is 0 Å². The highest BCUT2D eigenvalue weighted by atomic mass is 32.2. The molecule has 0 radical (unpaired) electrons. The maximum Gasteiger partial charge on any atom is 0.179 e. The third-order valence-electron chi connectivity index (χ3n) is 3.00. The largest absolute Gasteiger partial charge is 0.326 e. The van der Waals surface area contributed by atoms with E-state index in [-0.39, 0.29) is 16.1 Å². The molecule has 0 amide bonds. The fourth-order valence-corrected chi connectivity index (χ4v) is 3.19. The lowest BCUT2D eigenvalue weighted by atomic mass is 9.89. The second-order valence-electron chi connectivity index (χ2n) is 5.66. The van der Waals surface area contributed by atoms with Crippen molar-refractivity contribution in [1.82, 2.24) is 0 Å². The van der Waals surface area contributed by atoms with Crippen LogP contribution in [-0.4, -0.2) is 20.2 Å². The van der Waals surface area contributed by atoms with Crippen LogP contribution in [0.25, 0.3) is 0 Å². The van der Waals surface area contributed by atoms with Crippen LogP contribution in [0.4, 0.5) is 4.39 Å². The van der Waals surface area contributed by atoms with Crippen molar-refractivity contribution in [3.05, 3.63) is 29.6 Å². The second-order valence-corrected chi connectivity index (χ2v) is 7.70. The minimum atomic E-state index is -3.47. The summed E-state index contributed by atoms with van der Waals surface area (Å²) in [6, 6.07) is 3.34. The summed E-state index contributed by atoms with van der Waals surface area (Å²) in [5, 5.41) is 0. The summed E-state index contributed by atoms with van der Waals surface area (Å²) in [6.45, 7) is 7.22. The van der Waals surface area contributed by atoms with Gasteiger partial charge in [-0.3, -0.25) is 0 Å². The number of hydrogen-bond acceptors (Lipinski definition) is 3. The van der Waals surface area contributed by atoms with Crippen LogP contribution in [0.1, 0.15) is 26.3 Å². The van der Waals surface area contributed by atoms with E-state index >= 15 is 0 Å². The van der Waals surface area contributed by atoms with Gasteiger partial charge in [-0.2, -0.15) is 0 Å². The zero-order chi connectivity index (χ0) is 14.1. The van der Waals surface area contributed by atoms with E-state index < -0.39 is 21.7 Å². The van der Waals surface area contributed by atoms with Crippen LogP contribution in [0.3, 0.4) is 0 Å². The standard InChI is InChI=1S/C13H20FNO2S/c1-9-7-10(5-6-11(9)14)18(16,17)8-12(15)13(2,3)4/h5-7,12H,8,15H2,1-4H3. The molecule has 0 saturated carbocycles. The Balaban J connectivity index is 3.04. The number of rotatable bonds is 3. The number of sulfone groups is 1. The summed E-state index contributed by atoms with van der Waals surface area (Å²) in [7, 11) is -3.47. The second kappa shape index (κ2) is 4.97. The summed E-state index contributed by atoms with van der Waals surface area (Å²) < 4.78 is 37.4. The molecule has 0 aromatic heterocycles. The fourth-order valence-electron chi connectivity index (χ4n) is 1.39. The maximum absolute atomic E-state index is 13.1. The van der Waals surface area contributed by atoms with Crippen molar-refractivity contribution in [1.29, 1.82) is 0 Å². The molecule has 0 bridgehead atoms. The summed E-state index contributed by atoms with van der Waals surface area (Å²) >= 11 is 0. The molecule has 0 spiro atoms. The Morgan fingerprint density at radius 1 is 1.33 bits per heavy atom. The van der Waals surface area contributed by atoms with Gasteiger partial charge in [0.1, 0.15) is 5.82 Å². The molecule has 0 aliphatic rings. The maximum atomic E-state index is 13.1. The van der Waals surface area contributed by atoms with E-state index in [0.29, 0.717) is 5.56 Å². The predicted octanol–water partition coefficient (Wildman–Crippen LogP) is 2.28. The molecular weight excluding hydrogens is 253 g/mol. The van der Waals surface area contributed by atoms with E-state index in [1.807, 2.05) is 20.8 Å². The van der Waals surface area contributed by atoms with Gasteiger partial charge in [-0.05, 0) is 36.1 Å². The smallest absolute Gasteiger partial charge is 0.179 e. The van der Waals surface area contributed by atoms with Gasteiger partial charge in [0, 0.05) is 6.04 Å². The highest BCUT2D eigenvalue weighted by Gasteiger charge is 2.27. The van der Waals surface area contributed by atoms with E-state index in [9.17, 15) is 12.8 Å². The number of hydrogen-bond donors (Lipinski definition) is 1. The molecular formula is C13H20FNO2S. The molecule has 1 aromatic rings. The van der Waals surface area contributed by atoms with Crippen molar-refractivity contribution in [2.45, 2.75) is 38.6 Å². The zero-order valence-electron chi connectivity index (χ0n) is 11.2. The summed E-state index contributed by atoms with van der Waals surface area (Å²) in [5.74, 6) is -0.546. The molecule has 3 nitrogen and oxygen atoms in total. The minimum absolute atomic E-state index is 0.126.